The highest BCUT2D eigenvalue weighted by molar-refractivity contribution is 5.24. The Morgan fingerprint density at radius 3 is 3.00 bits per heavy atom. The lowest BCUT2D eigenvalue weighted by Gasteiger charge is -2.03. The second-order valence-corrected chi connectivity index (χ2v) is 3.62. The molecule has 2 rings (SSSR count). The highest BCUT2D eigenvalue weighted by Gasteiger charge is 2.28. The molecular weight excluding hydrogens is 164 g/mol. The van der Waals surface area contributed by atoms with E-state index in [0.29, 0.717) is 5.92 Å². The van der Waals surface area contributed by atoms with Crippen molar-refractivity contribution in [1.82, 2.24) is 9.97 Å². The molecule has 13 heavy (non-hydrogen) atoms. The van der Waals surface area contributed by atoms with Crippen molar-refractivity contribution in [2.45, 2.75) is 38.5 Å². The van der Waals surface area contributed by atoms with E-state index in [1.807, 2.05) is 0 Å². The van der Waals surface area contributed by atoms with Crippen LogP contribution in [0.5, 0.6) is 0 Å². The first-order chi connectivity index (χ1) is 6.33. The normalized spacial score (nSPS) is 16.1. The minimum absolute atomic E-state index is 0.0544. The average molecular weight is 178 g/mol. The third-order valence-corrected chi connectivity index (χ3v) is 2.45. The van der Waals surface area contributed by atoms with Crippen LogP contribution in [0.1, 0.15) is 43.4 Å². The molecule has 0 amide bonds. The van der Waals surface area contributed by atoms with Crippen LogP contribution < -0.4 is 5.56 Å². The van der Waals surface area contributed by atoms with Gasteiger partial charge in [0.2, 0.25) is 0 Å². The van der Waals surface area contributed by atoms with Crippen LogP contribution >= 0.6 is 0 Å². The first-order valence-corrected chi connectivity index (χ1v) is 4.89. The molecule has 3 nitrogen and oxygen atoms in total. The van der Waals surface area contributed by atoms with Gasteiger partial charge < -0.3 is 4.98 Å². The monoisotopic (exact) mass is 178 g/mol. The molecule has 1 aliphatic carbocycles. The van der Waals surface area contributed by atoms with Gasteiger partial charge in [-0.25, -0.2) is 4.98 Å². The van der Waals surface area contributed by atoms with E-state index in [1.54, 1.807) is 0 Å². The van der Waals surface area contributed by atoms with E-state index in [9.17, 15) is 4.79 Å². The number of aromatic nitrogens is 2. The number of nitrogens with one attached hydrogen (secondary N) is 1. The standard InChI is InChI=1S/C10H14N2O/c1-2-3-8-9(7-4-5-7)11-6-12-10(8)13/h6-7H,2-5H2,1H3,(H,11,12,13). The number of hydrogen-bond acceptors (Lipinski definition) is 2. The van der Waals surface area contributed by atoms with Gasteiger partial charge in [0.05, 0.1) is 12.0 Å². The summed E-state index contributed by atoms with van der Waals surface area (Å²) in [7, 11) is 0. The van der Waals surface area contributed by atoms with Crippen LogP contribution in [0.3, 0.4) is 0 Å². The Bertz CT molecular complexity index is 352. The molecule has 1 aromatic rings. The topological polar surface area (TPSA) is 45.8 Å². The summed E-state index contributed by atoms with van der Waals surface area (Å²) in [6, 6.07) is 0. The summed E-state index contributed by atoms with van der Waals surface area (Å²) in [6.45, 7) is 2.09. The molecule has 0 unspecified atom stereocenters. The zero-order chi connectivity index (χ0) is 9.26. The highest BCUT2D eigenvalue weighted by Crippen LogP contribution is 2.39. The Hall–Kier alpha value is -1.12. The van der Waals surface area contributed by atoms with E-state index in [-0.39, 0.29) is 5.56 Å². The Morgan fingerprint density at radius 1 is 1.62 bits per heavy atom. The molecule has 3 heteroatoms. The molecule has 1 aromatic heterocycles. The van der Waals surface area contributed by atoms with Crippen LogP contribution in [0.2, 0.25) is 0 Å². The highest BCUT2D eigenvalue weighted by atomic mass is 16.1. The fraction of sp³-hybridized carbons (Fsp3) is 0.600. The maximum absolute atomic E-state index is 11.5. The molecular formula is C10H14N2O. The number of aromatic amines is 1. The lowest BCUT2D eigenvalue weighted by atomic mass is 10.1. The van der Waals surface area contributed by atoms with Crippen LogP contribution in [0.4, 0.5) is 0 Å². The molecule has 0 saturated heterocycles. The molecule has 1 saturated carbocycles. The predicted molar refractivity (Wildman–Crippen MR) is 50.8 cm³/mol. The quantitative estimate of drug-likeness (QED) is 0.764. The average Bonchev–Trinajstić information content (AvgIpc) is 2.92. The van der Waals surface area contributed by atoms with Crippen molar-refractivity contribution in [3.63, 3.8) is 0 Å². The lowest BCUT2D eigenvalue weighted by Crippen LogP contribution is -2.16. The van der Waals surface area contributed by atoms with Gasteiger partial charge in [0.1, 0.15) is 0 Å². The van der Waals surface area contributed by atoms with Crippen LogP contribution in [0.15, 0.2) is 11.1 Å². The van der Waals surface area contributed by atoms with Gasteiger partial charge in [0, 0.05) is 11.5 Å². The van der Waals surface area contributed by atoms with Crippen LogP contribution in [0.25, 0.3) is 0 Å². The van der Waals surface area contributed by atoms with Gasteiger partial charge in [-0.3, -0.25) is 4.79 Å². The molecule has 1 aliphatic rings. The van der Waals surface area contributed by atoms with Gasteiger partial charge >= 0.3 is 0 Å². The molecule has 0 aliphatic heterocycles. The molecule has 0 aromatic carbocycles. The summed E-state index contributed by atoms with van der Waals surface area (Å²) in [4.78, 5) is 18.4. The Kier molecular flexibility index (Phi) is 2.17. The first-order valence-electron chi connectivity index (χ1n) is 4.89. The van der Waals surface area contributed by atoms with Crippen molar-refractivity contribution in [2.75, 3.05) is 0 Å². The largest absolute Gasteiger partial charge is 0.313 e. The van der Waals surface area contributed by atoms with Crippen molar-refractivity contribution < 1.29 is 0 Å². The zero-order valence-corrected chi connectivity index (χ0v) is 7.84. The maximum atomic E-state index is 11.5. The molecule has 1 fully saturated rings. The van der Waals surface area contributed by atoms with Gasteiger partial charge in [-0.05, 0) is 19.3 Å². The SMILES string of the molecule is CCCc1c(C2CC2)nc[nH]c1=O. The molecule has 0 atom stereocenters. The predicted octanol–water partition coefficient (Wildman–Crippen LogP) is 1.60. The summed E-state index contributed by atoms with van der Waals surface area (Å²) in [5.74, 6) is 0.573. The number of rotatable bonds is 3. The Balaban J connectivity index is 2.41. The smallest absolute Gasteiger partial charge is 0.254 e. The minimum Gasteiger partial charge on any atom is -0.313 e. The van der Waals surface area contributed by atoms with Crippen LogP contribution in [0, 0.1) is 0 Å². The van der Waals surface area contributed by atoms with Gasteiger partial charge in [0.25, 0.3) is 5.56 Å². The third-order valence-electron chi connectivity index (χ3n) is 2.45. The second-order valence-electron chi connectivity index (χ2n) is 3.62. The zero-order valence-electron chi connectivity index (χ0n) is 7.84. The molecule has 0 radical (unpaired) electrons. The first kappa shape index (κ1) is 8.48. The van der Waals surface area contributed by atoms with Gasteiger partial charge in [-0.1, -0.05) is 13.3 Å². The molecule has 1 N–H and O–H groups in total. The van der Waals surface area contributed by atoms with Gasteiger partial charge in [0.15, 0.2) is 0 Å². The fourth-order valence-corrected chi connectivity index (χ4v) is 1.64. The minimum atomic E-state index is 0.0544. The van der Waals surface area contributed by atoms with Gasteiger partial charge in [-0.2, -0.15) is 0 Å². The number of nitrogens with zero attached hydrogens (tertiary/aromatic N) is 1. The van der Waals surface area contributed by atoms with E-state index >= 15 is 0 Å². The lowest BCUT2D eigenvalue weighted by molar-refractivity contribution is 0.837. The maximum Gasteiger partial charge on any atom is 0.254 e. The summed E-state index contributed by atoms with van der Waals surface area (Å²) >= 11 is 0. The van der Waals surface area contributed by atoms with Crippen molar-refractivity contribution in [3.8, 4) is 0 Å². The van der Waals surface area contributed by atoms with Crippen molar-refractivity contribution in [3.05, 3.63) is 27.9 Å². The Morgan fingerprint density at radius 2 is 2.38 bits per heavy atom. The van der Waals surface area contributed by atoms with Gasteiger partial charge in [-0.15, -0.1) is 0 Å². The van der Waals surface area contributed by atoms with E-state index in [0.717, 1.165) is 24.1 Å². The second kappa shape index (κ2) is 3.32. The molecule has 0 spiro atoms. The number of hydrogen-bond donors (Lipinski definition) is 1. The van der Waals surface area contributed by atoms with E-state index in [4.69, 9.17) is 0 Å². The summed E-state index contributed by atoms with van der Waals surface area (Å²) in [5.41, 5.74) is 2.01. The summed E-state index contributed by atoms with van der Waals surface area (Å²) < 4.78 is 0. The molecule has 1 heterocycles. The van der Waals surface area contributed by atoms with E-state index < -0.39 is 0 Å². The molecule has 0 bridgehead atoms. The number of H-pyrrole nitrogens is 1. The van der Waals surface area contributed by atoms with Crippen LogP contribution in [-0.2, 0) is 6.42 Å². The van der Waals surface area contributed by atoms with E-state index in [1.165, 1.54) is 19.2 Å². The summed E-state index contributed by atoms with van der Waals surface area (Å²) in [5, 5.41) is 0. The fourth-order valence-electron chi connectivity index (χ4n) is 1.64. The van der Waals surface area contributed by atoms with Crippen molar-refractivity contribution in [1.29, 1.82) is 0 Å². The Labute approximate surface area is 77.2 Å². The van der Waals surface area contributed by atoms with Crippen molar-refractivity contribution >= 4 is 0 Å². The molecule has 70 valence electrons. The third kappa shape index (κ3) is 1.64. The van der Waals surface area contributed by atoms with Crippen LogP contribution in [-0.4, -0.2) is 9.97 Å². The summed E-state index contributed by atoms with van der Waals surface area (Å²) in [6.07, 6.45) is 5.79. The van der Waals surface area contributed by atoms with E-state index in [2.05, 4.69) is 16.9 Å². The van der Waals surface area contributed by atoms with Crippen molar-refractivity contribution in [2.24, 2.45) is 0 Å².